The molecule has 1 amide bonds. The van der Waals surface area contributed by atoms with Crippen LogP contribution < -0.4 is 9.75 Å². The van der Waals surface area contributed by atoms with Crippen LogP contribution in [0.5, 0.6) is 5.75 Å². The fourth-order valence-electron chi connectivity index (χ4n) is 3.19. The number of thiocarbonyl (C=S) groups is 1. The number of thioether (sulfide) groups is 1. The molecule has 0 spiro atoms. The molecule has 3 heterocycles. The average molecular weight is 445 g/mol. The summed E-state index contributed by atoms with van der Waals surface area (Å²) in [5.74, 6) is 1.62. The van der Waals surface area contributed by atoms with E-state index < -0.39 is 0 Å². The number of furan rings is 1. The van der Waals surface area contributed by atoms with E-state index in [1.807, 2.05) is 36.7 Å². The summed E-state index contributed by atoms with van der Waals surface area (Å²) in [5.41, 5.74) is 2.62. The van der Waals surface area contributed by atoms with Crippen LogP contribution in [0, 0.1) is 13.8 Å². The predicted molar refractivity (Wildman–Crippen MR) is 121 cm³/mol. The molecule has 0 radical (unpaired) electrons. The minimum absolute atomic E-state index is 0.180. The number of hydrogen-bond acceptors (Lipinski definition) is 5. The van der Waals surface area contributed by atoms with Gasteiger partial charge in [0.05, 0.1) is 17.6 Å². The molecular formula is C21H17ClN2O3S2. The smallest absolute Gasteiger partial charge is 0.285 e. The number of ether oxygens (including phenoxy) is 1. The van der Waals surface area contributed by atoms with Crippen molar-refractivity contribution >= 4 is 51.9 Å². The Morgan fingerprint density at radius 1 is 1.14 bits per heavy atom. The maximum atomic E-state index is 13.0. The van der Waals surface area contributed by atoms with Gasteiger partial charge in [0.1, 0.15) is 17.3 Å². The highest BCUT2D eigenvalue weighted by atomic mass is 35.5. The Bertz CT molecular complexity index is 1140. The first-order valence-electron chi connectivity index (χ1n) is 8.76. The van der Waals surface area contributed by atoms with Crippen molar-refractivity contribution in [2.75, 3.05) is 12.1 Å². The summed E-state index contributed by atoms with van der Waals surface area (Å²) >= 11 is 12.8. The van der Waals surface area contributed by atoms with E-state index in [1.165, 1.54) is 16.8 Å². The van der Waals surface area contributed by atoms with Gasteiger partial charge in [-0.15, -0.1) is 0 Å². The van der Waals surface area contributed by atoms with Gasteiger partial charge >= 0.3 is 0 Å². The summed E-state index contributed by atoms with van der Waals surface area (Å²) in [6.07, 6.45) is 1.70. The van der Waals surface area contributed by atoms with Gasteiger partial charge < -0.3 is 9.15 Å². The number of benzene rings is 1. The number of rotatable bonds is 4. The fourth-order valence-corrected chi connectivity index (χ4v) is 4.58. The Morgan fingerprint density at radius 2 is 1.86 bits per heavy atom. The lowest BCUT2D eigenvalue weighted by molar-refractivity contribution is -0.114. The van der Waals surface area contributed by atoms with E-state index in [4.69, 9.17) is 33.0 Å². The number of aryl methyl sites for hydroxylation is 2. The Morgan fingerprint density at radius 3 is 2.55 bits per heavy atom. The van der Waals surface area contributed by atoms with Gasteiger partial charge in [-0.1, -0.05) is 23.4 Å². The molecule has 3 aromatic rings. The molecule has 4 rings (SSSR count). The van der Waals surface area contributed by atoms with Crippen LogP contribution in [-0.4, -0.2) is 22.0 Å². The lowest BCUT2D eigenvalue weighted by Crippen LogP contribution is -2.39. The quantitative estimate of drug-likeness (QED) is 0.389. The number of nitrogens with zero attached hydrogens (tertiary/aromatic N) is 2. The zero-order valence-corrected chi connectivity index (χ0v) is 18.3. The Kier molecular flexibility index (Phi) is 5.29. The van der Waals surface area contributed by atoms with E-state index in [0.29, 0.717) is 31.5 Å². The largest absolute Gasteiger partial charge is 0.496 e. The van der Waals surface area contributed by atoms with Crippen LogP contribution in [0.3, 0.4) is 0 Å². The van der Waals surface area contributed by atoms with Crippen LogP contribution in [-0.2, 0) is 4.79 Å². The number of carbonyl (C=O) groups is 1. The summed E-state index contributed by atoms with van der Waals surface area (Å²) in [5, 5.41) is 2.09. The van der Waals surface area contributed by atoms with E-state index in [-0.39, 0.29) is 5.91 Å². The highest BCUT2D eigenvalue weighted by Crippen LogP contribution is 2.36. The molecule has 0 atom stereocenters. The second-order valence-electron chi connectivity index (χ2n) is 6.47. The molecule has 2 aromatic heterocycles. The average Bonchev–Trinajstić information content (AvgIpc) is 3.36. The molecule has 0 saturated carbocycles. The van der Waals surface area contributed by atoms with E-state index in [0.717, 1.165) is 17.0 Å². The van der Waals surface area contributed by atoms with Gasteiger partial charge in [-0.05, 0) is 68.5 Å². The first-order chi connectivity index (χ1) is 13.9. The monoisotopic (exact) mass is 444 g/mol. The summed E-state index contributed by atoms with van der Waals surface area (Å²) in [6.45, 7) is 3.87. The summed E-state index contributed by atoms with van der Waals surface area (Å²) in [7, 11) is 1.59. The number of aromatic nitrogens is 1. The predicted octanol–water partition coefficient (Wildman–Crippen LogP) is 5.56. The molecule has 0 N–H and O–H groups in total. The Balaban J connectivity index is 1.66. The molecule has 1 aliphatic rings. The highest BCUT2D eigenvalue weighted by Gasteiger charge is 2.35. The van der Waals surface area contributed by atoms with Gasteiger partial charge in [0.15, 0.2) is 4.32 Å². The zero-order valence-electron chi connectivity index (χ0n) is 15.9. The molecule has 1 saturated heterocycles. The van der Waals surface area contributed by atoms with E-state index in [2.05, 4.69) is 0 Å². The maximum Gasteiger partial charge on any atom is 0.285 e. The Labute approximate surface area is 182 Å². The molecule has 0 unspecified atom stereocenters. The molecule has 5 nitrogen and oxygen atoms in total. The second-order valence-corrected chi connectivity index (χ2v) is 8.58. The minimum Gasteiger partial charge on any atom is -0.496 e. The van der Waals surface area contributed by atoms with Crippen molar-refractivity contribution in [1.82, 2.24) is 4.68 Å². The lowest BCUT2D eigenvalue weighted by atomic mass is 10.1. The van der Waals surface area contributed by atoms with Crippen molar-refractivity contribution < 1.29 is 13.9 Å². The van der Waals surface area contributed by atoms with Gasteiger partial charge in [0, 0.05) is 22.5 Å². The van der Waals surface area contributed by atoms with E-state index in [1.54, 1.807) is 37.5 Å². The first-order valence-corrected chi connectivity index (χ1v) is 10.4. The van der Waals surface area contributed by atoms with Crippen LogP contribution in [0.25, 0.3) is 17.4 Å². The van der Waals surface area contributed by atoms with Crippen LogP contribution in [0.15, 0.2) is 51.8 Å². The lowest BCUT2D eigenvalue weighted by Gasteiger charge is -2.20. The number of halogens is 1. The highest BCUT2D eigenvalue weighted by molar-refractivity contribution is 8.27. The summed E-state index contributed by atoms with van der Waals surface area (Å²) < 4.78 is 13.6. The normalized spacial score (nSPS) is 15.6. The minimum atomic E-state index is -0.180. The SMILES string of the molecule is COc1ccc(Cl)cc1-c1ccc(/C=C2/SC(=S)N(n3c(C)ccc3C)C2=O)o1. The van der Waals surface area contributed by atoms with Crippen molar-refractivity contribution in [3.05, 3.63) is 69.5 Å². The molecule has 0 bridgehead atoms. The molecule has 148 valence electrons. The zero-order chi connectivity index (χ0) is 20.7. The fraction of sp³-hybridized carbons (Fsp3) is 0.143. The summed E-state index contributed by atoms with van der Waals surface area (Å²) in [6, 6.07) is 12.8. The molecule has 8 heteroatoms. The van der Waals surface area contributed by atoms with Crippen LogP contribution in [0.1, 0.15) is 17.1 Å². The third-order valence-electron chi connectivity index (χ3n) is 4.53. The number of methoxy groups -OCH3 is 1. The van der Waals surface area contributed by atoms with Crippen molar-refractivity contribution in [2.45, 2.75) is 13.8 Å². The standard InChI is InChI=1S/C21H17ClN2O3S2/c1-12-4-5-13(2)23(12)24-20(25)19(29-21(24)28)11-15-7-9-18(27-15)16-10-14(22)6-8-17(16)26-3/h4-11H,1-3H3/b19-11+. The van der Waals surface area contributed by atoms with Gasteiger partial charge in [0.25, 0.3) is 5.91 Å². The van der Waals surface area contributed by atoms with Crippen LogP contribution in [0.2, 0.25) is 5.02 Å². The van der Waals surface area contributed by atoms with Crippen molar-refractivity contribution in [2.24, 2.45) is 0 Å². The van der Waals surface area contributed by atoms with Gasteiger partial charge in [-0.3, -0.25) is 9.47 Å². The number of hydrogen-bond donors (Lipinski definition) is 0. The molecule has 1 aliphatic heterocycles. The topological polar surface area (TPSA) is 47.6 Å². The van der Waals surface area contributed by atoms with Crippen LogP contribution in [0.4, 0.5) is 0 Å². The van der Waals surface area contributed by atoms with E-state index >= 15 is 0 Å². The molecule has 1 fully saturated rings. The third kappa shape index (κ3) is 3.61. The molecular weight excluding hydrogens is 428 g/mol. The molecule has 29 heavy (non-hydrogen) atoms. The first kappa shape index (κ1) is 19.8. The summed E-state index contributed by atoms with van der Waals surface area (Å²) in [4.78, 5) is 13.5. The Hall–Kier alpha value is -2.48. The maximum absolute atomic E-state index is 13.0. The van der Waals surface area contributed by atoms with Crippen molar-refractivity contribution in [1.29, 1.82) is 0 Å². The van der Waals surface area contributed by atoms with Crippen LogP contribution >= 0.6 is 35.6 Å². The van der Waals surface area contributed by atoms with Gasteiger partial charge in [0.2, 0.25) is 0 Å². The van der Waals surface area contributed by atoms with E-state index in [9.17, 15) is 4.79 Å². The molecule has 0 aliphatic carbocycles. The second kappa shape index (κ2) is 7.74. The number of carbonyl (C=O) groups excluding carboxylic acids is 1. The van der Waals surface area contributed by atoms with Gasteiger partial charge in [-0.2, -0.15) is 5.01 Å². The van der Waals surface area contributed by atoms with Gasteiger partial charge in [-0.25, -0.2) is 0 Å². The third-order valence-corrected chi connectivity index (χ3v) is 6.05. The van der Waals surface area contributed by atoms with Crippen molar-refractivity contribution in [3.8, 4) is 17.1 Å². The van der Waals surface area contributed by atoms with Crippen molar-refractivity contribution in [3.63, 3.8) is 0 Å². The molecule has 1 aromatic carbocycles. The number of amides is 1.